The van der Waals surface area contributed by atoms with Crippen LogP contribution in [-0.2, 0) is 10.0 Å². The van der Waals surface area contributed by atoms with Crippen molar-refractivity contribution in [3.05, 3.63) is 58.1 Å². The minimum atomic E-state index is -3.62. The fourth-order valence-electron chi connectivity index (χ4n) is 1.95. The fraction of sp³-hybridized carbons (Fsp3) is 0.200. The van der Waals surface area contributed by atoms with E-state index in [9.17, 15) is 8.42 Å². The van der Waals surface area contributed by atoms with Crippen molar-refractivity contribution in [2.45, 2.75) is 25.7 Å². The van der Waals surface area contributed by atoms with Gasteiger partial charge in [-0.2, -0.15) is 0 Å². The number of nitrogens with one attached hydrogen (secondary N) is 1. The number of hydrogen-bond acceptors (Lipinski definition) is 2. The lowest BCUT2D eigenvalue weighted by atomic mass is 10.1. The van der Waals surface area contributed by atoms with Gasteiger partial charge in [-0.05, 0) is 50.1 Å². The summed E-state index contributed by atoms with van der Waals surface area (Å²) in [6, 6.07) is 10.3. The Kier molecular flexibility index (Phi) is 4.06. The second-order valence-electron chi connectivity index (χ2n) is 4.86. The van der Waals surface area contributed by atoms with E-state index in [0.29, 0.717) is 10.7 Å². The highest BCUT2D eigenvalue weighted by molar-refractivity contribution is 7.92. The van der Waals surface area contributed by atoms with Gasteiger partial charge >= 0.3 is 0 Å². The van der Waals surface area contributed by atoms with Crippen LogP contribution in [0.2, 0.25) is 5.02 Å². The zero-order valence-electron chi connectivity index (χ0n) is 11.6. The number of rotatable bonds is 3. The molecule has 0 radical (unpaired) electrons. The van der Waals surface area contributed by atoms with Crippen LogP contribution in [0.1, 0.15) is 16.7 Å². The van der Waals surface area contributed by atoms with Crippen molar-refractivity contribution in [1.29, 1.82) is 0 Å². The lowest BCUT2D eigenvalue weighted by molar-refractivity contribution is 0.601. The molecule has 0 saturated heterocycles. The highest BCUT2D eigenvalue weighted by Gasteiger charge is 2.16. The fourth-order valence-corrected chi connectivity index (χ4v) is 3.22. The molecule has 106 valence electrons. The third-order valence-electron chi connectivity index (χ3n) is 2.97. The maximum Gasteiger partial charge on any atom is 0.261 e. The number of sulfonamides is 1. The second kappa shape index (κ2) is 5.46. The molecule has 0 aliphatic carbocycles. The first-order valence-corrected chi connectivity index (χ1v) is 8.02. The van der Waals surface area contributed by atoms with Gasteiger partial charge in [0.15, 0.2) is 0 Å². The van der Waals surface area contributed by atoms with Gasteiger partial charge in [0.25, 0.3) is 10.0 Å². The Bertz CT molecular complexity index is 737. The molecule has 0 heterocycles. The summed E-state index contributed by atoms with van der Waals surface area (Å²) in [6.45, 7) is 5.65. The van der Waals surface area contributed by atoms with Gasteiger partial charge < -0.3 is 0 Å². The summed E-state index contributed by atoms with van der Waals surface area (Å²) in [6.07, 6.45) is 0. The molecule has 0 aliphatic rings. The summed E-state index contributed by atoms with van der Waals surface area (Å²) in [5.41, 5.74) is 3.21. The molecule has 2 aromatic rings. The van der Waals surface area contributed by atoms with E-state index < -0.39 is 10.0 Å². The Hall–Kier alpha value is -1.52. The summed E-state index contributed by atoms with van der Waals surface area (Å²) >= 11 is 6.16. The maximum atomic E-state index is 12.3. The van der Waals surface area contributed by atoms with E-state index in [1.54, 1.807) is 30.3 Å². The third-order valence-corrected chi connectivity index (χ3v) is 4.86. The summed E-state index contributed by atoms with van der Waals surface area (Å²) < 4.78 is 27.2. The van der Waals surface area contributed by atoms with Crippen molar-refractivity contribution in [3.63, 3.8) is 0 Å². The molecule has 1 N–H and O–H groups in total. The molecule has 2 aromatic carbocycles. The monoisotopic (exact) mass is 309 g/mol. The summed E-state index contributed by atoms with van der Waals surface area (Å²) in [5.74, 6) is 0. The van der Waals surface area contributed by atoms with E-state index >= 15 is 0 Å². The molecule has 0 amide bonds. The van der Waals surface area contributed by atoms with Gasteiger partial charge in [-0.3, -0.25) is 4.72 Å². The van der Waals surface area contributed by atoms with E-state index in [4.69, 9.17) is 11.6 Å². The zero-order valence-corrected chi connectivity index (χ0v) is 13.1. The quantitative estimate of drug-likeness (QED) is 0.929. The Morgan fingerprint density at radius 2 is 1.55 bits per heavy atom. The molecule has 5 heteroatoms. The Morgan fingerprint density at radius 3 is 2.15 bits per heavy atom. The van der Waals surface area contributed by atoms with Gasteiger partial charge in [0.2, 0.25) is 0 Å². The number of hydrogen-bond donors (Lipinski definition) is 1. The van der Waals surface area contributed by atoms with E-state index in [0.717, 1.165) is 16.7 Å². The van der Waals surface area contributed by atoms with E-state index in [2.05, 4.69) is 4.72 Å². The van der Waals surface area contributed by atoms with Crippen molar-refractivity contribution in [3.8, 4) is 0 Å². The van der Waals surface area contributed by atoms with Crippen molar-refractivity contribution in [1.82, 2.24) is 0 Å². The Labute approximate surface area is 124 Å². The molecule has 0 unspecified atom stereocenters. The van der Waals surface area contributed by atoms with Crippen LogP contribution in [0, 0.1) is 20.8 Å². The minimum Gasteiger partial charge on any atom is -0.278 e. The standard InChI is InChI=1S/C15H16ClNO2S/c1-10-4-6-13(7-5-10)20(18,19)17-14-9-11(2)8-12(3)15(14)16/h4-9,17H,1-3H3. The number of halogens is 1. The Morgan fingerprint density at radius 1 is 0.950 bits per heavy atom. The van der Waals surface area contributed by atoms with Gasteiger partial charge in [0.05, 0.1) is 15.6 Å². The van der Waals surface area contributed by atoms with E-state index in [-0.39, 0.29) is 4.90 Å². The predicted octanol–water partition coefficient (Wildman–Crippen LogP) is 4.07. The minimum absolute atomic E-state index is 0.221. The van der Waals surface area contributed by atoms with Gasteiger partial charge in [-0.1, -0.05) is 35.4 Å². The van der Waals surface area contributed by atoms with Crippen LogP contribution in [0.3, 0.4) is 0 Å². The number of aryl methyl sites for hydroxylation is 3. The molecule has 0 aromatic heterocycles. The molecule has 3 nitrogen and oxygen atoms in total. The van der Waals surface area contributed by atoms with Gasteiger partial charge in [-0.25, -0.2) is 8.42 Å². The van der Waals surface area contributed by atoms with Crippen LogP contribution in [0.4, 0.5) is 5.69 Å². The van der Waals surface area contributed by atoms with Gasteiger partial charge in [-0.15, -0.1) is 0 Å². The average molecular weight is 310 g/mol. The highest BCUT2D eigenvalue weighted by atomic mass is 35.5. The van der Waals surface area contributed by atoms with Crippen molar-refractivity contribution < 1.29 is 8.42 Å². The van der Waals surface area contributed by atoms with Gasteiger partial charge in [0, 0.05) is 0 Å². The highest BCUT2D eigenvalue weighted by Crippen LogP contribution is 2.29. The van der Waals surface area contributed by atoms with Crippen molar-refractivity contribution >= 4 is 27.3 Å². The molecular formula is C15H16ClNO2S. The van der Waals surface area contributed by atoms with E-state index in [1.165, 1.54) is 0 Å². The second-order valence-corrected chi connectivity index (χ2v) is 6.92. The summed E-state index contributed by atoms with van der Waals surface area (Å²) in [7, 11) is -3.62. The van der Waals surface area contributed by atoms with Crippen LogP contribution in [0.15, 0.2) is 41.3 Å². The van der Waals surface area contributed by atoms with Crippen molar-refractivity contribution in [2.75, 3.05) is 4.72 Å². The number of benzene rings is 2. The molecule has 0 aliphatic heterocycles. The van der Waals surface area contributed by atoms with Crippen LogP contribution < -0.4 is 4.72 Å². The SMILES string of the molecule is Cc1ccc(S(=O)(=O)Nc2cc(C)cc(C)c2Cl)cc1. The normalized spacial score (nSPS) is 11.4. The van der Waals surface area contributed by atoms with Crippen LogP contribution in [-0.4, -0.2) is 8.42 Å². The van der Waals surface area contributed by atoms with Gasteiger partial charge in [0.1, 0.15) is 0 Å². The molecule has 20 heavy (non-hydrogen) atoms. The average Bonchev–Trinajstić information content (AvgIpc) is 2.35. The zero-order chi connectivity index (χ0) is 14.9. The lowest BCUT2D eigenvalue weighted by Gasteiger charge is -2.12. The van der Waals surface area contributed by atoms with E-state index in [1.807, 2.05) is 26.8 Å². The first kappa shape index (κ1) is 14.9. The van der Waals surface area contributed by atoms with Crippen LogP contribution >= 0.6 is 11.6 Å². The first-order valence-electron chi connectivity index (χ1n) is 6.16. The first-order chi connectivity index (χ1) is 9.29. The summed E-state index contributed by atoms with van der Waals surface area (Å²) in [5, 5.41) is 0.422. The summed E-state index contributed by atoms with van der Waals surface area (Å²) in [4.78, 5) is 0.221. The molecule has 2 rings (SSSR count). The smallest absolute Gasteiger partial charge is 0.261 e. The third kappa shape index (κ3) is 3.14. The van der Waals surface area contributed by atoms with Crippen LogP contribution in [0.5, 0.6) is 0 Å². The Balaban J connectivity index is 2.41. The number of anilines is 1. The molecule has 0 saturated carbocycles. The largest absolute Gasteiger partial charge is 0.278 e. The molecule has 0 bridgehead atoms. The molecule has 0 atom stereocenters. The van der Waals surface area contributed by atoms with Crippen molar-refractivity contribution in [2.24, 2.45) is 0 Å². The topological polar surface area (TPSA) is 46.2 Å². The molecule has 0 spiro atoms. The molecule has 0 fully saturated rings. The predicted molar refractivity (Wildman–Crippen MR) is 82.9 cm³/mol. The molecular weight excluding hydrogens is 294 g/mol. The lowest BCUT2D eigenvalue weighted by Crippen LogP contribution is -2.13. The maximum absolute atomic E-state index is 12.3. The van der Waals surface area contributed by atoms with Crippen LogP contribution in [0.25, 0.3) is 0 Å².